The molecular formula is C12H20N4. The molecular weight excluding hydrogens is 200 g/mol. The number of allylic oxidation sites excluding steroid dienone is 1. The van der Waals surface area contributed by atoms with Gasteiger partial charge in [-0.05, 0) is 24.8 Å². The van der Waals surface area contributed by atoms with E-state index < -0.39 is 0 Å². The molecule has 0 aromatic rings. The lowest BCUT2D eigenvalue weighted by molar-refractivity contribution is 0.208. The molecule has 0 radical (unpaired) electrons. The molecule has 16 heavy (non-hydrogen) atoms. The van der Waals surface area contributed by atoms with E-state index in [1.165, 1.54) is 0 Å². The van der Waals surface area contributed by atoms with Crippen LogP contribution in [0.3, 0.4) is 0 Å². The standard InChI is InChI=1S/C12H20N4/c1-5-3-7-8(11(15)9(5)13)4-6(2)10(14)12(7)16/h3,6-8,10,12-13,15H,4,14,16H2,1-2H3. The van der Waals surface area contributed by atoms with Gasteiger partial charge in [-0.25, -0.2) is 0 Å². The van der Waals surface area contributed by atoms with Gasteiger partial charge in [0.2, 0.25) is 0 Å². The monoisotopic (exact) mass is 220 g/mol. The summed E-state index contributed by atoms with van der Waals surface area (Å²) in [7, 11) is 0. The Hall–Kier alpha value is -1.00. The fourth-order valence-electron chi connectivity index (χ4n) is 2.93. The van der Waals surface area contributed by atoms with Crippen molar-refractivity contribution in [3.63, 3.8) is 0 Å². The van der Waals surface area contributed by atoms with Crippen LogP contribution >= 0.6 is 0 Å². The predicted molar refractivity (Wildman–Crippen MR) is 65.9 cm³/mol. The summed E-state index contributed by atoms with van der Waals surface area (Å²) in [5.41, 5.74) is 13.9. The third-order valence-corrected chi connectivity index (χ3v) is 4.11. The number of hydrogen-bond donors (Lipinski definition) is 4. The second-order valence-electron chi connectivity index (χ2n) is 5.19. The summed E-state index contributed by atoms with van der Waals surface area (Å²) in [6.45, 7) is 3.96. The molecule has 88 valence electrons. The quantitative estimate of drug-likeness (QED) is 0.488. The summed E-state index contributed by atoms with van der Waals surface area (Å²) in [6, 6.07) is -0.0810. The molecule has 5 atom stereocenters. The van der Waals surface area contributed by atoms with E-state index in [-0.39, 0.29) is 23.9 Å². The molecule has 0 aliphatic heterocycles. The van der Waals surface area contributed by atoms with E-state index in [4.69, 9.17) is 22.3 Å². The zero-order valence-electron chi connectivity index (χ0n) is 9.83. The smallest absolute Gasteiger partial charge is 0.0776 e. The first kappa shape index (κ1) is 11.5. The zero-order valence-corrected chi connectivity index (χ0v) is 9.83. The second-order valence-corrected chi connectivity index (χ2v) is 5.19. The topological polar surface area (TPSA) is 99.7 Å². The van der Waals surface area contributed by atoms with Crippen molar-refractivity contribution in [1.29, 1.82) is 10.8 Å². The molecule has 4 nitrogen and oxygen atoms in total. The average Bonchev–Trinajstić information content (AvgIpc) is 2.25. The zero-order chi connectivity index (χ0) is 12.0. The minimum absolute atomic E-state index is 0.00498. The maximum Gasteiger partial charge on any atom is 0.0776 e. The molecule has 0 heterocycles. The molecule has 0 aromatic heterocycles. The second kappa shape index (κ2) is 3.79. The van der Waals surface area contributed by atoms with Crippen LogP contribution < -0.4 is 11.5 Å². The first-order valence-corrected chi connectivity index (χ1v) is 5.80. The van der Waals surface area contributed by atoms with Gasteiger partial charge < -0.3 is 16.9 Å². The minimum Gasteiger partial charge on any atom is -0.326 e. The average molecular weight is 220 g/mol. The van der Waals surface area contributed by atoms with Crippen LogP contribution in [0.25, 0.3) is 0 Å². The molecule has 2 aliphatic carbocycles. The van der Waals surface area contributed by atoms with Gasteiger partial charge in [0.25, 0.3) is 0 Å². The van der Waals surface area contributed by atoms with Crippen LogP contribution in [0.4, 0.5) is 0 Å². The molecule has 1 saturated carbocycles. The minimum atomic E-state index is -0.0860. The fourth-order valence-corrected chi connectivity index (χ4v) is 2.93. The van der Waals surface area contributed by atoms with E-state index in [9.17, 15) is 0 Å². The van der Waals surface area contributed by atoms with E-state index in [0.717, 1.165) is 12.0 Å². The van der Waals surface area contributed by atoms with E-state index in [0.29, 0.717) is 17.3 Å². The van der Waals surface area contributed by atoms with Gasteiger partial charge in [-0.2, -0.15) is 0 Å². The van der Waals surface area contributed by atoms with Crippen molar-refractivity contribution in [3.05, 3.63) is 11.6 Å². The highest BCUT2D eigenvalue weighted by atomic mass is 14.8. The first-order chi connectivity index (χ1) is 7.43. The van der Waals surface area contributed by atoms with Crippen LogP contribution in [-0.2, 0) is 0 Å². The van der Waals surface area contributed by atoms with E-state index in [1.807, 2.05) is 13.0 Å². The lowest BCUT2D eigenvalue weighted by atomic mass is 9.64. The number of nitrogens with one attached hydrogen (secondary N) is 2. The van der Waals surface area contributed by atoms with Crippen molar-refractivity contribution in [1.82, 2.24) is 0 Å². The van der Waals surface area contributed by atoms with Gasteiger partial charge in [-0.3, -0.25) is 5.41 Å². The normalized spacial score (nSPS) is 44.0. The van der Waals surface area contributed by atoms with Crippen LogP contribution in [0.5, 0.6) is 0 Å². The predicted octanol–water partition coefficient (Wildman–Crippen LogP) is 0.913. The number of fused-ring (bicyclic) bond motifs is 1. The summed E-state index contributed by atoms with van der Waals surface area (Å²) in [5.74, 6) is 0.574. The molecule has 5 unspecified atom stereocenters. The maximum atomic E-state index is 8.03. The number of nitrogens with two attached hydrogens (primary N) is 2. The first-order valence-electron chi connectivity index (χ1n) is 5.80. The number of hydrogen-bond acceptors (Lipinski definition) is 4. The maximum absolute atomic E-state index is 8.03. The summed E-state index contributed by atoms with van der Waals surface area (Å²) in [4.78, 5) is 0. The molecule has 2 rings (SSSR count). The van der Waals surface area contributed by atoms with Gasteiger partial charge in [0.15, 0.2) is 0 Å². The molecule has 2 aliphatic rings. The Kier molecular flexibility index (Phi) is 2.72. The Morgan fingerprint density at radius 2 is 1.88 bits per heavy atom. The lowest BCUT2D eigenvalue weighted by Gasteiger charge is -2.44. The lowest BCUT2D eigenvalue weighted by Crippen LogP contribution is -2.58. The summed E-state index contributed by atoms with van der Waals surface area (Å²) in [5, 5.41) is 15.9. The highest BCUT2D eigenvalue weighted by Gasteiger charge is 2.43. The summed E-state index contributed by atoms with van der Waals surface area (Å²) < 4.78 is 0. The molecule has 4 heteroatoms. The SMILES string of the molecule is CC1=CC2C(CC(C)C(N)C2N)C(=N)C1=N. The van der Waals surface area contributed by atoms with Crippen molar-refractivity contribution >= 4 is 11.4 Å². The molecule has 6 N–H and O–H groups in total. The highest BCUT2D eigenvalue weighted by molar-refractivity contribution is 6.47. The Labute approximate surface area is 96.1 Å². The number of rotatable bonds is 0. The third-order valence-electron chi connectivity index (χ3n) is 4.11. The Bertz CT molecular complexity index is 371. The molecule has 0 saturated heterocycles. The van der Waals surface area contributed by atoms with Crippen LogP contribution in [-0.4, -0.2) is 23.5 Å². The molecule has 0 aromatic carbocycles. The Morgan fingerprint density at radius 3 is 2.50 bits per heavy atom. The largest absolute Gasteiger partial charge is 0.326 e. The van der Waals surface area contributed by atoms with Crippen molar-refractivity contribution in [2.75, 3.05) is 0 Å². The Morgan fingerprint density at radius 1 is 1.25 bits per heavy atom. The van der Waals surface area contributed by atoms with Gasteiger partial charge in [0, 0.05) is 23.9 Å². The van der Waals surface area contributed by atoms with Crippen LogP contribution in [0.15, 0.2) is 11.6 Å². The van der Waals surface area contributed by atoms with Crippen molar-refractivity contribution in [2.45, 2.75) is 32.4 Å². The van der Waals surface area contributed by atoms with Crippen molar-refractivity contribution in [3.8, 4) is 0 Å². The molecule has 0 amide bonds. The van der Waals surface area contributed by atoms with Crippen LogP contribution in [0, 0.1) is 28.6 Å². The van der Waals surface area contributed by atoms with Gasteiger partial charge in [0.1, 0.15) is 0 Å². The van der Waals surface area contributed by atoms with Crippen molar-refractivity contribution in [2.24, 2.45) is 29.2 Å². The van der Waals surface area contributed by atoms with Crippen LogP contribution in [0.1, 0.15) is 20.3 Å². The van der Waals surface area contributed by atoms with E-state index in [1.54, 1.807) is 0 Å². The Balaban J connectivity index is 2.37. The van der Waals surface area contributed by atoms with Gasteiger partial charge in [0.05, 0.1) is 11.4 Å². The molecule has 1 fully saturated rings. The van der Waals surface area contributed by atoms with Crippen LogP contribution in [0.2, 0.25) is 0 Å². The molecule has 0 spiro atoms. The van der Waals surface area contributed by atoms with Gasteiger partial charge in [-0.1, -0.05) is 13.0 Å². The summed E-state index contributed by atoms with van der Waals surface area (Å²) in [6.07, 6.45) is 2.92. The third kappa shape index (κ3) is 1.53. The van der Waals surface area contributed by atoms with Crippen molar-refractivity contribution < 1.29 is 0 Å². The van der Waals surface area contributed by atoms with Gasteiger partial charge >= 0.3 is 0 Å². The fraction of sp³-hybridized carbons (Fsp3) is 0.667. The van der Waals surface area contributed by atoms with Gasteiger partial charge in [-0.15, -0.1) is 0 Å². The summed E-state index contributed by atoms with van der Waals surface area (Å²) >= 11 is 0. The van der Waals surface area contributed by atoms with E-state index >= 15 is 0 Å². The van der Waals surface area contributed by atoms with E-state index in [2.05, 4.69) is 6.92 Å². The molecule has 0 bridgehead atoms. The highest BCUT2D eigenvalue weighted by Crippen LogP contribution is 2.37.